The van der Waals surface area contributed by atoms with E-state index in [1.807, 2.05) is 7.05 Å². The summed E-state index contributed by atoms with van der Waals surface area (Å²) in [6.07, 6.45) is 5.06. The minimum atomic E-state index is 0.296. The Hall–Kier alpha value is -1.02. The van der Waals surface area contributed by atoms with Gasteiger partial charge in [0.1, 0.15) is 5.75 Å². The van der Waals surface area contributed by atoms with E-state index in [-0.39, 0.29) is 0 Å². The molecule has 0 radical (unpaired) electrons. The second-order valence-electron chi connectivity index (χ2n) is 4.93. The van der Waals surface area contributed by atoms with E-state index in [0.29, 0.717) is 12.1 Å². The molecule has 0 heterocycles. The zero-order valence-electron chi connectivity index (χ0n) is 11.1. The Morgan fingerprint density at radius 1 is 1.47 bits per heavy atom. The third-order valence-corrected chi connectivity index (χ3v) is 3.69. The van der Waals surface area contributed by atoms with Gasteiger partial charge in [-0.3, -0.25) is 0 Å². The summed E-state index contributed by atoms with van der Waals surface area (Å²) in [5.41, 5.74) is 2.91. The number of hydrogen-bond acceptors (Lipinski definition) is 2. The molecular formula is C15H23NO. The molecule has 0 aromatic heterocycles. The molecule has 17 heavy (non-hydrogen) atoms. The van der Waals surface area contributed by atoms with Crippen LogP contribution in [0, 0.1) is 0 Å². The minimum absolute atomic E-state index is 0.296. The summed E-state index contributed by atoms with van der Waals surface area (Å²) in [6, 6.07) is 7.07. The highest BCUT2D eigenvalue weighted by Gasteiger charge is 2.19. The summed E-state index contributed by atoms with van der Waals surface area (Å²) in [6.45, 7) is 4.27. The molecule has 1 aromatic rings. The van der Waals surface area contributed by atoms with Crippen molar-refractivity contribution in [3.8, 4) is 5.75 Å². The highest BCUT2D eigenvalue weighted by Crippen LogP contribution is 2.32. The molecular weight excluding hydrogens is 210 g/mol. The molecule has 0 fully saturated rings. The number of aryl methyl sites for hydroxylation is 1. The van der Waals surface area contributed by atoms with Crippen LogP contribution in [0.3, 0.4) is 0 Å². The Morgan fingerprint density at radius 3 is 3.00 bits per heavy atom. The lowest BCUT2D eigenvalue weighted by molar-refractivity contribution is 0.217. The first kappa shape index (κ1) is 12.4. The molecule has 0 spiro atoms. The van der Waals surface area contributed by atoms with Crippen molar-refractivity contribution in [1.29, 1.82) is 0 Å². The lowest BCUT2D eigenvalue weighted by atomic mass is 9.87. The van der Waals surface area contributed by atoms with Crippen LogP contribution in [0.25, 0.3) is 0 Å². The SMILES string of the molecule is CCC(C)Oc1ccc2c(c1)C(NC)CCC2. The van der Waals surface area contributed by atoms with E-state index in [1.54, 1.807) is 0 Å². The highest BCUT2D eigenvalue weighted by atomic mass is 16.5. The standard InChI is InChI=1S/C15H23NO/c1-4-11(2)17-13-9-8-12-6-5-7-15(16-3)14(12)10-13/h8-11,15-16H,4-7H2,1-3H3. The first-order chi connectivity index (χ1) is 8.24. The van der Waals surface area contributed by atoms with Crippen molar-refractivity contribution in [2.45, 2.75) is 51.7 Å². The van der Waals surface area contributed by atoms with Gasteiger partial charge >= 0.3 is 0 Å². The second-order valence-corrected chi connectivity index (χ2v) is 4.93. The lowest BCUT2D eigenvalue weighted by Crippen LogP contribution is -2.21. The van der Waals surface area contributed by atoms with Gasteiger partial charge in [0, 0.05) is 6.04 Å². The Kier molecular flexibility index (Phi) is 4.06. The fourth-order valence-corrected chi connectivity index (χ4v) is 2.47. The maximum Gasteiger partial charge on any atom is 0.120 e. The van der Waals surface area contributed by atoms with E-state index in [1.165, 1.54) is 30.4 Å². The van der Waals surface area contributed by atoms with E-state index in [4.69, 9.17) is 4.74 Å². The zero-order valence-corrected chi connectivity index (χ0v) is 11.1. The normalized spacial score (nSPS) is 20.8. The van der Waals surface area contributed by atoms with Crippen LogP contribution in [-0.4, -0.2) is 13.2 Å². The van der Waals surface area contributed by atoms with Gasteiger partial charge in [-0.25, -0.2) is 0 Å². The molecule has 2 atom stereocenters. The third kappa shape index (κ3) is 2.81. The average Bonchev–Trinajstić information content (AvgIpc) is 2.37. The fourth-order valence-electron chi connectivity index (χ4n) is 2.47. The molecule has 2 unspecified atom stereocenters. The summed E-state index contributed by atoms with van der Waals surface area (Å²) >= 11 is 0. The van der Waals surface area contributed by atoms with E-state index in [9.17, 15) is 0 Å². The largest absolute Gasteiger partial charge is 0.491 e. The van der Waals surface area contributed by atoms with Gasteiger partial charge < -0.3 is 10.1 Å². The molecule has 0 bridgehead atoms. The Labute approximate surface area is 104 Å². The molecule has 94 valence electrons. The number of hydrogen-bond donors (Lipinski definition) is 1. The van der Waals surface area contributed by atoms with E-state index >= 15 is 0 Å². The van der Waals surface area contributed by atoms with Gasteiger partial charge in [-0.15, -0.1) is 0 Å². The van der Waals surface area contributed by atoms with Crippen LogP contribution in [0.1, 0.15) is 50.3 Å². The predicted octanol–water partition coefficient (Wildman–Crippen LogP) is 3.46. The van der Waals surface area contributed by atoms with Crippen LogP contribution in [-0.2, 0) is 6.42 Å². The van der Waals surface area contributed by atoms with Crippen LogP contribution in [0.2, 0.25) is 0 Å². The van der Waals surface area contributed by atoms with Crippen molar-refractivity contribution in [2.24, 2.45) is 0 Å². The Bertz CT molecular complexity index is 375. The summed E-state index contributed by atoms with van der Waals surface area (Å²) in [5.74, 6) is 1.01. The van der Waals surface area contributed by atoms with Crippen molar-refractivity contribution in [3.63, 3.8) is 0 Å². The summed E-state index contributed by atoms with van der Waals surface area (Å²) < 4.78 is 5.89. The predicted molar refractivity (Wildman–Crippen MR) is 71.6 cm³/mol. The van der Waals surface area contributed by atoms with Gasteiger partial charge in [0.25, 0.3) is 0 Å². The quantitative estimate of drug-likeness (QED) is 0.860. The Balaban J connectivity index is 2.21. The van der Waals surface area contributed by atoms with Crippen molar-refractivity contribution < 1.29 is 4.74 Å². The number of nitrogens with one attached hydrogen (secondary N) is 1. The van der Waals surface area contributed by atoms with Gasteiger partial charge in [0.2, 0.25) is 0 Å². The van der Waals surface area contributed by atoms with Crippen molar-refractivity contribution >= 4 is 0 Å². The maximum atomic E-state index is 5.89. The number of fused-ring (bicyclic) bond motifs is 1. The maximum absolute atomic E-state index is 5.89. The molecule has 1 N–H and O–H groups in total. The first-order valence-electron chi connectivity index (χ1n) is 6.71. The monoisotopic (exact) mass is 233 g/mol. The molecule has 2 heteroatoms. The minimum Gasteiger partial charge on any atom is -0.491 e. The molecule has 1 aromatic carbocycles. The summed E-state index contributed by atoms with van der Waals surface area (Å²) in [7, 11) is 2.04. The van der Waals surface area contributed by atoms with Crippen LogP contribution in [0.15, 0.2) is 18.2 Å². The van der Waals surface area contributed by atoms with E-state index in [0.717, 1.165) is 12.2 Å². The molecule has 1 aliphatic carbocycles. The first-order valence-corrected chi connectivity index (χ1v) is 6.71. The highest BCUT2D eigenvalue weighted by molar-refractivity contribution is 5.39. The van der Waals surface area contributed by atoms with Crippen LogP contribution in [0.4, 0.5) is 0 Å². The number of benzene rings is 1. The second kappa shape index (κ2) is 5.54. The molecule has 0 saturated heterocycles. The van der Waals surface area contributed by atoms with Crippen LogP contribution >= 0.6 is 0 Å². The summed E-state index contributed by atoms with van der Waals surface area (Å²) in [4.78, 5) is 0. The van der Waals surface area contributed by atoms with Crippen molar-refractivity contribution in [2.75, 3.05) is 7.05 Å². The summed E-state index contributed by atoms with van der Waals surface area (Å²) in [5, 5.41) is 3.40. The van der Waals surface area contributed by atoms with Crippen molar-refractivity contribution in [1.82, 2.24) is 5.32 Å². The van der Waals surface area contributed by atoms with Gasteiger partial charge in [-0.1, -0.05) is 13.0 Å². The number of ether oxygens (including phenoxy) is 1. The smallest absolute Gasteiger partial charge is 0.120 e. The number of rotatable bonds is 4. The van der Waals surface area contributed by atoms with Crippen LogP contribution in [0.5, 0.6) is 5.75 Å². The van der Waals surface area contributed by atoms with Crippen LogP contribution < -0.4 is 10.1 Å². The molecule has 1 aliphatic rings. The topological polar surface area (TPSA) is 21.3 Å². The average molecular weight is 233 g/mol. The molecule has 0 saturated carbocycles. The molecule has 0 amide bonds. The van der Waals surface area contributed by atoms with Gasteiger partial charge in [-0.2, -0.15) is 0 Å². The van der Waals surface area contributed by atoms with E-state index < -0.39 is 0 Å². The molecule has 0 aliphatic heterocycles. The van der Waals surface area contributed by atoms with Gasteiger partial charge in [0.15, 0.2) is 0 Å². The Morgan fingerprint density at radius 2 is 2.29 bits per heavy atom. The molecule has 2 nitrogen and oxygen atoms in total. The van der Waals surface area contributed by atoms with Gasteiger partial charge in [-0.05, 0) is 62.9 Å². The molecule has 2 rings (SSSR count). The van der Waals surface area contributed by atoms with Gasteiger partial charge in [0.05, 0.1) is 6.10 Å². The van der Waals surface area contributed by atoms with E-state index in [2.05, 4.69) is 37.4 Å². The van der Waals surface area contributed by atoms with Crippen molar-refractivity contribution in [3.05, 3.63) is 29.3 Å². The fraction of sp³-hybridized carbons (Fsp3) is 0.600. The third-order valence-electron chi connectivity index (χ3n) is 3.69. The lowest BCUT2D eigenvalue weighted by Gasteiger charge is -2.26. The zero-order chi connectivity index (χ0) is 12.3.